The Bertz CT molecular complexity index is 771. The van der Waals surface area contributed by atoms with E-state index in [2.05, 4.69) is 4.98 Å². The first kappa shape index (κ1) is 19.0. The Morgan fingerprint density at radius 3 is 2.54 bits per heavy atom. The van der Waals surface area contributed by atoms with Crippen LogP contribution in [0, 0.1) is 0 Å². The number of Topliss-reactive ketones (excluding diaryl/α,β-unsaturated/α-hetero) is 1. The van der Waals surface area contributed by atoms with Gasteiger partial charge in [0, 0.05) is 42.8 Å². The summed E-state index contributed by atoms with van der Waals surface area (Å²) >= 11 is 12.2. The third kappa shape index (κ3) is 4.47. The van der Waals surface area contributed by atoms with E-state index in [1.165, 1.54) is 12.4 Å². The number of carbonyl (C=O) groups is 1. The van der Waals surface area contributed by atoms with Gasteiger partial charge in [0.25, 0.3) is 0 Å². The van der Waals surface area contributed by atoms with Gasteiger partial charge in [0.15, 0.2) is 17.3 Å². The summed E-state index contributed by atoms with van der Waals surface area (Å²) in [6.45, 7) is 1.34. The van der Waals surface area contributed by atoms with Crippen LogP contribution >= 0.6 is 23.2 Å². The van der Waals surface area contributed by atoms with Crippen molar-refractivity contribution in [3.05, 3.63) is 51.8 Å². The molecule has 0 saturated carbocycles. The van der Waals surface area contributed by atoms with Gasteiger partial charge in [-0.05, 0) is 18.2 Å². The SMILES string of the molecule is COc1ccc(C(=O)Cc2c(Cl)cncc2Cl)cc1OC1CCOCC1. The van der Waals surface area contributed by atoms with Crippen molar-refractivity contribution in [3.8, 4) is 11.5 Å². The molecule has 3 rings (SSSR count). The highest BCUT2D eigenvalue weighted by Gasteiger charge is 2.20. The fraction of sp³-hybridized carbons (Fsp3) is 0.368. The molecule has 1 aromatic heterocycles. The molecule has 1 aliphatic heterocycles. The fourth-order valence-corrected chi connectivity index (χ4v) is 3.28. The average Bonchev–Trinajstić information content (AvgIpc) is 2.65. The molecule has 0 N–H and O–H groups in total. The van der Waals surface area contributed by atoms with Gasteiger partial charge in [-0.1, -0.05) is 23.2 Å². The third-order valence-corrected chi connectivity index (χ3v) is 4.89. The van der Waals surface area contributed by atoms with Gasteiger partial charge in [-0.2, -0.15) is 0 Å². The fourth-order valence-electron chi connectivity index (χ4n) is 2.79. The Kier molecular flexibility index (Phi) is 6.35. The van der Waals surface area contributed by atoms with Gasteiger partial charge in [-0.15, -0.1) is 0 Å². The van der Waals surface area contributed by atoms with Crippen LogP contribution in [0.2, 0.25) is 10.0 Å². The Balaban J connectivity index is 1.80. The van der Waals surface area contributed by atoms with Gasteiger partial charge in [-0.25, -0.2) is 0 Å². The molecule has 2 aromatic rings. The number of methoxy groups -OCH3 is 1. The van der Waals surface area contributed by atoms with Crippen molar-refractivity contribution in [2.24, 2.45) is 0 Å². The second kappa shape index (κ2) is 8.71. The molecule has 0 bridgehead atoms. The molecule has 1 aromatic carbocycles. The van der Waals surface area contributed by atoms with Gasteiger partial charge < -0.3 is 14.2 Å². The number of hydrogen-bond acceptors (Lipinski definition) is 5. The normalized spacial score (nSPS) is 14.9. The maximum Gasteiger partial charge on any atom is 0.167 e. The second-order valence-corrected chi connectivity index (χ2v) is 6.79. The molecule has 0 atom stereocenters. The van der Waals surface area contributed by atoms with Gasteiger partial charge in [0.2, 0.25) is 0 Å². The van der Waals surface area contributed by atoms with E-state index in [-0.39, 0.29) is 18.3 Å². The summed E-state index contributed by atoms with van der Waals surface area (Å²) in [4.78, 5) is 16.6. The van der Waals surface area contributed by atoms with E-state index >= 15 is 0 Å². The summed E-state index contributed by atoms with van der Waals surface area (Å²) in [5.41, 5.74) is 1.08. The molecule has 0 amide bonds. The van der Waals surface area contributed by atoms with E-state index in [9.17, 15) is 4.79 Å². The first-order valence-electron chi connectivity index (χ1n) is 8.32. The Morgan fingerprint density at radius 1 is 1.19 bits per heavy atom. The molecule has 1 aliphatic rings. The molecule has 5 nitrogen and oxygen atoms in total. The van der Waals surface area contributed by atoms with Crippen molar-refractivity contribution in [3.63, 3.8) is 0 Å². The molecule has 0 radical (unpaired) electrons. The minimum Gasteiger partial charge on any atom is -0.493 e. The zero-order valence-electron chi connectivity index (χ0n) is 14.3. The van der Waals surface area contributed by atoms with Crippen LogP contribution < -0.4 is 9.47 Å². The summed E-state index contributed by atoms with van der Waals surface area (Å²) in [5.74, 6) is 1.03. The van der Waals surface area contributed by atoms with Crippen LogP contribution in [-0.4, -0.2) is 37.2 Å². The van der Waals surface area contributed by atoms with Crippen LogP contribution in [0.3, 0.4) is 0 Å². The average molecular weight is 396 g/mol. The third-order valence-electron chi connectivity index (χ3n) is 4.24. The minimum absolute atomic E-state index is 0.0482. The first-order chi connectivity index (χ1) is 12.6. The number of ketones is 1. The van der Waals surface area contributed by atoms with Gasteiger partial charge in [-0.3, -0.25) is 9.78 Å². The largest absolute Gasteiger partial charge is 0.493 e. The number of ether oxygens (including phenoxy) is 3. The van der Waals surface area contributed by atoms with E-state index in [4.69, 9.17) is 37.4 Å². The summed E-state index contributed by atoms with van der Waals surface area (Å²) in [6.07, 6.45) is 4.70. The topological polar surface area (TPSA) is 57.7 Å². The van der Waals surface area contributed by atoms with Crippen LogP contribution in [-0.2, 0) is 11.2 Å². The monoisotopic (exact) mass is 395 g/mol. The molecule has 7 heteroatoms. The standard InChI is InChI=1S/C19H19Cl2NO4/c1-24-18-3-2-12(8-19(18)26-13-4-6-25-7-5-13)17(23)9-14-15(20)10-22-11-16(14)21/h2-3,8,10-11,13H,4-7,9H2,1H3. The number of rotatable bonds is 6. The van der Waals surface area contributed by atoms with Crippen molar-refractivity contribution < 1.29 is 19.0 Å². The zero-order chi connectivity index (χ0) is 18.5. The smallest absolute Gasteiger partial charge is 0.167 e. The van der Waals surface area contributed by atoms with E-state index in [1.807, 2.05) is 0 Å². The molecular formula is C19H19Cl2NO4. The summed E-state index contributed by atoms with van der Waals surface area (Å²) in [7, 11) is 1.57. The van der Waals surface area contributed by atoms with Crippen LogP contribution in [0.1, 0.15) is 28.8 Å². The number of halogens is 2. The van der Waals surface area contributed by atoms with Gasteiger partial charge >= 0.3 is 0 Å². The number of pyridine rings is 1. The summed E-state index contributed by atoms with van der Waals surface area (Å²) in [5, 5.41) is 0.746. The van der Waals surface area contributed by atoms with Crippen LogP contribution in [0.5, 0.6) is 11.5 Å². The first-order valence-corrected chi connectivity index (χ1v) is 9.07. The highest BCUT2D eigenvalue weighted by atomic mass is 35.5. The number of aromatic nitrogens is 1. The Labute approximate surface area is 162 Å². The molecule has 1 saturated heterocycles. The Hall–Kier alpha value is -1.82. The lowest BCUT2D eigenvalue weighted by Gasteiger charge is -2.24. The maximum absolute atomic E-state index is 12.7. The van der Waals surface area contributed by atoms with Gasteiger partial charge in [0.1, 0.15) is 6.10 Å². The zero-order valence-corrected chi connectivity index (χ0v) is 15.8. The van der Waals surface area contributed by atoms with Crippen LogP contribution in [0.15, 0.2) is 30.6 Å². The molecule has 2 heterocycles. The van der Waals surface area contributed by atoms with Crippen molar-refractivity contribution in [1.29, 1.82) is 0 Å². The van der Waals surface area contributed by atoms with Crippen molar-refractivity contribution in [2.75, 3.05) is 20.3 Å². The highest BCUT2D eigenvalue weighted by Crippen LogP contribution is 2.32. The van der Waals surface area contributed by atoms with Crippen LogP contribution in [0.25, 0.3) is 0 Å². The predicted octanol–water partition coefficient (Wildman–Crippen LogP) is 4.38. The van der Waals surface area contributed by atoms with Crippen molar-refractivity contribution in [1.82, 2.24) is 4.98 Å². The molecule has 0 aliphatic carbocycles. The lowest BCUT2D eigenvalue weighted by atomic mass is 10.0. The van der Waals surface area contributed by atoms with Crippen molar-refractivity contribution >= 4 is 29.0 Å². The highest BCUT2D eigenvalue weighted by molar-refractivity contribution is 6.36. The lowest BCUT2D eigenvalue weighted by Crippen LogP contribution is -2.26. The van der Waals surface area contributed by atoms with E-state index in [0.29, 0.717) is 45.9 Å². The quantitative estimate of drug-likeness (QED) is 0.679. The second-order valence-electron chi connectivity index (χ2n) is 5.98. The van der Waals surface area contributed by atoms with Crippen LogP contribution in [0.4, 0.5) is 0 Å². The molecule has 0 unspecified atom stereocenters. The van der Waals surface area contributed by atoms with E-state index in [1.54, 1.807) is 25.3 Å². The lowest BCUT2D eigenvalue weighted by molar-refractivity contribution is 0.0245. The summed E-state index contributed by atoms with van der Waals surface area (Å²) in [6, 6.07) is 5.15. The molecule has 26 heavy (non-hydrogen) atoms. The molecular weight excluding hydrogens is 377 g/mol. The summed E-state index contributed by atoms with van der Waals surface area (Å²) < 4.78 is 16.8. The number of benzene rings is 1. The number of carbonyl (C=O) groups excluding carboxylic acids is 1. The molecule has 1 fully saturated rings. The number of nitrogens with zero attached hydrogens (tertiary/aromatic N) is 1. The van der Waals surface area contributed by atoms with E-state index in [0.717, 1.165) is 12.8 Å². The van der Waals surface area contributed by atoms with E-state index < -0.39 is 0 Å². The van der Waals surface area contributed by atoms with Gasteiger partial charge in [0.05, 0.1) is 30.4 Å². The maximum atomic E-state index is 12.7. The predicted molar refractivity (Wildman–Crippen MR) is 99.8 cm³/mol. The molecule has 138 valence electrons. The Morgan fingerprint density at radius 2 is 1.88 bits per heavy atom. The minimum atomic E-state index is -0.112. The number of hydrogen-bond donors (Lipinski definition) is 0. The van der Waals surface area contributed by atoms with Crippen molar-refractivity contribution in [2.45, 2.75) is 25.4 Å². The molecule has 0 spiro atoms.